The molecule has 0 atom stereocenters. The molecule has 1 fully saturated rings. The van der Waals surface area contributed by atoms with Crippen LogP contribution in [0.2, 0.25) is 5.28 Å². The van der Waals surface area contributed by atoms with Gasteiger partial charge in [-0.1, -0.05) is 12.8 Å². The van der Waals surface area contributed by atoms with Crippen LogP contribution in [0.4, 0.5) is 5.82 Å². The van der Waals surface area contributed by atoms with Crippen LogP contribution in [0.3, 0.4) is 0 Å². The van der Waals surface area contributed by atoms with Crippen LogP contribution in [0.1, 0.15) is 25.7 Å². The quantitative estimate of drug-likeness (QED) is 0.801. The molecule has 17 heavy (non-hydrogen) atoms. The van der Waals surface area contributed by atoms with Crippen LogP contribution in [0, 0.1) is 0 Å². The minimum atomic E-state index is -0.105. The Morgan fingerprint density at radius 1 is 1.47 bits per heavy atom. The summed E-state index contributed by atoms with van der Waals surface area (Å²) < 4.78 is 0. The van der Waals surface area contributed by atoms with E-state index in [1.54, 1.807) is 6.07 Å². The third kappa shape index (κ3) is 3.94. The maximum atomic E-state index is 11.6. The molecule has 1 amide bonds. The Morgan fingerprint density at radius 2 is 2.24 bits per heavy atom. The summed E-state index contributed by atoms with van der Waals surface area (Å²) in [7, 11) is 0. The first-order valence-corrected chi connectivity index (χ1v) is 6.13. The number of carbonyl (C=O) groups is 1. The van der Waals surface area contributed by atoms with E-state index in [0.29, 0.717) is 18.4 Å². The lowest BCUT2D eigenvalue weighted by molar-refractivity contribution is -0.115. The normalized spacial score (nSPS) is 16.1. The van der Waals surface area contributed by atoms with Crippen molar-refractivity contribution in [3.05, 3.63) is 17.5 Å². The van der Waals surface area contributed by atoms with Gasteiger partial charge in [-0.25, -0.2) is 9.97 Å². The van der Waals surface area contributed by atoms with Gasteiger partial charge in [0.15, 0.2) is 0 Å². The Labute approximate surface area is 105 Å². The Kier molecular flexibility index (Phi) is 4.28. The molecule has 1 heterocycles. The average Bonchev–Trinajstić information content (AvgIpc) is 2.79. The number of halogens is 1. The summed E-state index contributed by atoms with van der Waals surface area (Å²) in [5.74, 6) is 0.329. The van der Waals surface area contributed by atoms with E-state index in [4.69, 9.17) is 11.6 Å². The van der Waals surface area contributed by atoms with Crippen LogP contribution >= 0.6 is 11.6 Å². The Morgan fingerprint density at radius 3 is 2.94 bits per heavy atom. The molecule has 2 rings (SSSR count). The number of anilines is 1. The van der Waals surface area contributed by atoms with Crippen molar-refractivity contribution in [3.8, 4) is 0 Å². The van der Waals surface area contributed by atoms with Crippen molar-refractivity contribution in [2.75, 3.05) is 11.9 Å². The van der Waals surface area contributed by atoms with E-state index in [1.165, 1.54) is 19.0 Å². The maximum absolute atomic E-state index is 11.6. The molecular formula is C11H15ClN4O. The molecule has 0 radical (unpaired) electrons. The second-order valence-electron chi connectivity index (χ2n) is 4.12. The molecule has 1 aromatic rings. The molecule has 1 aliphatic carbocycles. The first-order chi connectivity index (χ1) is 8.24. The fraction of sp³-hybridized carbons (Fsp3) is 0.545. The van der Waals surface area contributed by atoms with Crippen molar-refractivity contribution in [1.82, 2.24) is 15.3 Å². The van der Waals surface area contributed by atoms with Gasteiger partial charge in [-0.3, -0.25) is 4.79 Å². The zero-order valence-electron chi connectivity index (χ0n) is 9.45. The topological polar surface area (TPSA) is 66.9 Å². The Balaban J connectivity index is 1.76. The third-order valence-corrected chi connectivity index (χ3v) is 2.98. The second-order valence-corrected chi connectivity index (χ2v) is 4.46. The molecule has 1 aliphatic rings. The number of hydrogen-bond donors (Lipinski definition) is 2. The van der Waals surface area contributed by atoms with Crippen LogP contribution in [-0.2, 0) is 4.79 Å². The molecule has 6 heteroatoms. The van der Waals surface area contributed by atoms with Gasteiger partial charge in [-0.15, -0.1) is 0 Å². The third-order valence-electron chi connectivity index (χ3n) is 2.80. The Bertz CT molecular complexity index is 393. The van der Waals surface area contributed by atoms with Gasteiger partial charge in [0.1, 0.15) is 5.82 Å². The van der Waals surface area contributed by atoms with Crippen LogP contribution < -0.4 is 10.6 Å². The Hall–Kier alpha value is -1.20. The van der Waals surface area contributed by atoms with Crippen molar-refractivity contribution in [1.29, 1.82) is 0 Å². The molecule has 92 valence electrons. The summed E-state index contributed by atoms with van der Waals surface area (Å²) in [5.41, 5.74) is 0. The van der Waals surface area contributed by atoms with Crippen molar-refractivity contribution in [2.24, 2.45) is 0 Å². The highest BCUT2D eigenvalue weighted by Gasteiger charge is 2.15. The predicted molar refractivity (Wildman–Crippen MR) is 65.9 cm³/mol. The van der Waals surface area contributed by atoms with Gasteiger partial charge in [-0.05, 0) is 30.5 Å². The zero-order valence-corrected chi connectivity index (χ0v) is 10.2. The number of amides is 1. The van der Waals surface area contributed by atoms with E-state index in [1.807, 2.05) is 0 Å². The van der Waals surface area contributed by atoms with Gasteiger partial charge in [-0.2, -0.15) is 0 Å². The van der Waals surface area contributed by atoms with Gasteiger partial charge < -0.3 is 10.6 Å². The number of rotatable bonds is 4. The summed E-state index contributed by atoms with van der Waals surface area (Å²) in [5, 5.41) is 6.03. The van der Waals surface area contributed by atoms with Crippen molar-refractivity contribution >= 4 is 23.3 Å². The van der Waals surface area contributed by atoms with Crippen molar-refractivity contribution in [2.45, 2.75) is 31.7 Å². The summed E-state index contributed by atoms with van der Waals surface area (Å²) >= 11 is 5.62. The minimum Gasteiger partial charge on any atom is -0.309 e. The first kappa shape index (κ1) is 12.3. The zero-order chi connectivity index (χ0) is 12.1. The SMILES string of the molecule is O=C(CNC1CCCC1)Nc1ccnc(Cl)n1. The van der Waals surface area contributed by atoms with E-state index >= 15 is 0 Å². The fourth-order valence-corrected chi connectivity index (χ4v) is 2.11. The summed E-state index contributed by atoms with van der Waals surface area (Å²) in [6, 6.07) is 2.09. The van der Waals surface area contributed by atoms with Crippen LogP contribution in [0.25, 0.3) is 0 Å². The lowest BCUT2D eigenvalue weighted by atomic mass is 10.2. The average molecular weight is 255 g/mol. The fourth-order valence-electron chi connectivity index (χ4n) is 1.96. The molecular weight excluding hydrogens is 240 g/mol. The number of hydrogen-bond acceptors (Lipinski definition) is 4. The van der Waals surface area contributed by atoms with E-state index in [2.05, 4.69) is 20.6 Å². The molecule has 1 aromatic heterocycles. The minimum absolute atomic E-state index is 0.105. The summed E-state index contributed by atoms with van der Waals surface area (Å²) in [6.45, 7) is 0.312. The van der Waals surface area contributed by atoms with Crippen LogP contribution in [-0.4, -0.2) is 28.5 Å². The van der Waals surface area contributed by atoms with Crippen molar-refractivity contribution < 1.29 is 4.79 Å². The first-order valence-electron chi connectivity index (χ1n) is 5.76. The van der Waals surface area contributed by atoms with Gasteiger partial charge in [0.2, 0.25) is 11.2 Å². The summed E-state index contributed by atoms with van der Waals surface area (Å²) in [6.07, 6.45) is 6.33. The van der Waals surface area contributed by atoms with E-state index in [-0.39, 0.29) is 11.2 Å². The van der Waals surface area contributed by atoms with Gasteiger partial charge in [0.25, 0.3) is 0 Å². The van der Waals surface area contributed by atoms with Gasteiger partial charge in [0, 0.05) is 12.2 Å². The largest absolute Gasteiger partial charge is 0.309 e. The number of nitrogens with zero attached hydrogens (tertiary/aromatic N) is 2. The lowest BCUT2D eigenvalue weighted by Crippen LogP contribution is -2.34. The molecule has 0 aliphatic heterocycles. The number of aromatic nitrogens is 2. The highest BCUT2D eigenvalue weighted by molar-refractivity contribution is 6.28. The molecule has 0 aromatic carbocycles. The maximum Gasteiger partial charge on any atom is 0.239 e. The van der Waals surface area contributed by atoms with E-state index < -0.39 is 0 Å². The highest BCUT2D eigenvalue weighted by Crippen LogP contribution is 2.17. The highest BCUT2D eigenvalue weighted by atomic mass is 35.5. The molecule has 1 saturated carbocycles. The van der Waals surface area contributed by atoms with Crippen molar-refractivity contribution in [3.63, 3.8) is 0 Å². The smallest absolute Gasteiger partial charge is 0.239 e. The van der Waals surface area contributed by atoms with Gasteiger partial charge >= 0.3 is 0 Å². The second kappa shape index (κ2) is 5.93. The molecule has 0 bridgehead atoms. The molecule has 0 unspecified atom stereocenters. The molecule has 2 N–H and O–H groups in total. The van der Waals surface area contributed by atoms with Gasteiger partial charge in [0.05, 0.1) is 6.54 Å². The monoisotopic (exact) mass is 254 g/mol. The molecule has 0 spiro atoms. The van der Waals surface area contributed by atoms with Crippen LogP contribution in [0.15, 0.2) is 12.3 Å². The molecule has 5 nitrogen and oxygen atoms in total. The van der Waals surface area contributed by atoms with Crippen LogP contribution in [0.5, 0.6) is 0 Å². The lowest BCUT2D eigenvalue weighted by Gasteiger charge is -2.11. The van der Waals surface area contributed by atoms with E-state index in [9.17, 15) is 4.79 Å². The predicted octanol–water partition coefficient (Wildman–Crippen LogP) is 1.60. The van der Waals surface area contributed by atoms with E-state index in [0.717, 1.165) is 12.8 Å². The standard InChI is InChI=1S/C11H15ClN4O/c12-11-13-6-5-9(16-11)15-10(17)7-14-8-3-1-2-4-8/h5-6,8,14H,1-4,7H2,(H,13,15,16,17). The molecule has 0 saturated heterocycles. The summed E-state index contributed by atoms with van der Waals surface area (Å²) in [4.78, 5) is 19.2. The number of nitrogens with one attached hydrogen (secondary N) is 2. The number of carbonyl (C=O) groups excluding carboxylic acids is 1.